The SMILES string of the molecule is Cc1c([C@@H](C)NC(=O)[C@@H](C)NC(=O)c2cccs2)cnn1-c1ccc(F)cc1. The largest absolute Gasteiger partial charge is 0.348 e. The van der Waals surface area contributed by atoms with Crippen molar-refractivity contribution < 1.29 is 14.0 Å². The Hall–Kier alpha value is -3.00. The van der Waals surface area contributed by atoms with Crippen molar-refractivity contribution >= 4 is 23.2 Å². The highest BCUT2D eigenvalue weighted by molar-refractivity contribution is 7.12. The van der Waals surface area contributed by atoms with Gasteiger partial charge in [-0.1, -0.05) is 6.07 Å². The van der Waals surface area contributed by atoms with Gasteiger partial charge in [-0.2, -0.15) is 5.10 Å². The predicted octanol–water partition coefficient (Wildman–Crippen LogP) is 3.38. The van der Waals surface area contributed by atoms with Gasteiger partial charge in [0.15, 0.2) is 0 Å². The van der Waals surface area contributed by atoms with Crippen molar-refractivity contribution in [1.82, 2.24) is 20.4 Å². The molecule has 28 heavy (non-hydrogen) atoms. The lowest BCUT2D eigenvalue weighted by atomic mass is 10.1. The van der Waals surface area contributed by atoms with Crippen LogP contribution in [-0.2, 0) is 4.79 Å². The van der Waals surface area contributed by atoms with E-state index < -0.39 is 6.04 Å². The van der Waals surface area contributed by atoms with Gasteiger partial charge < -0.3 is 10.6 Å². The first kappa shape index (κ1) is 19.8. The first-order chi connectivity index (χ1) is 13.4. The quantitative estimate of drug-likeness (QED) is 0.666. The van der Waals surface area contributed by atoms with E-state index in [2.05, 4.69) is 15.7 Å². The first-order valence-electron chi connectivity index (χ1n) is 8.82. The van der Waals surface area contributed by atoms with Gasteiger partial charge in [-0.25, -0.2) is 9.07 Å². The minimum absolute atomic E-state index is 0.273. The molecule has 0 unspecified atom stereocenters. The molecule has 3 rings (SSSR count). The summed E-state index contributed by atoms with van der Waals surface area (Å²) >= 11 is 1.32. The normalized spacial score (nSPS) is 13.0. The van der Waals surface area contributed by atoms with Crippen LogP contribution in [-0.4, -0.2) is 27.6 Å². The van der Waals surface area contributed by atoms with Crippen LogP contribution in [0.1, 0.15) is 40.8 Å². The maximum Gasteiger partial charge on any atom is 0.261 e. The molecule has 0 saturated carbocycles. The number of carbonyl (C=O) groups is 2. The van der Waals surface area contributed by atoms with Crippen molar-refractivity contribution in [1.29, 1.82) is 0 Å². The summed E-state index contributed by atoms with van der Waals surface area (Å²) in [7, 11) is 0. The minimum atomic E-state index is -0.676. The van der Waals surface area contributed by atoms with Crippen molar-refractivity contribution in [3.63, 3.8) is 0 Å². The number of hydrogen-bond acceptors (Lipinski definition) is 4. The molecule has 0 aliphatic carbocycles. The zero-order valence-corrected chi connectivity index (χ0v) is 16.6. The van der Waals surface area contributed by atoms with E-state index in [-0.39, 0.29) is 23.7 Å². The van der Waals surface area contributed by atoms with E-state index in [1.807, 2.05) is 19.2 Å². The highest BCUT2D eigenvalue weighted by Crippen LogP contribution is 2.20. The molecule has 2 heterocycles. The smallest absolute Gasteiger partial charge is 0.261 e. The number of benzene rings is 1. The number of halogens is 1. The van der Waals surface area contributed by atoms with Crippen LogP contribution in [0.15, 0.2) is 48.0 Å². The molecule has 1 aromatic carbocycles. The number of nitrogens with one attached hydrogen (secondary N) is 2. The van der Waals surface area contributed by atoms with E-state index in [0.29, 0.717) is 4.88 Å². The molecule has 146 valence electrons. The van der Waals surface area contributed by atoms with Gasteiger partial charge >= 0.3 is 0 Å². The first-order valence-corrected chi connectivity index (χ1v) is 9.70. The molecule has 0 saturated heterocycles. The van der Waals surface area contributed by atoms with Gasteiger partial charge in [0.25, 0.3) is 5.91 Å². The second-order valence-corrected chi connectivity index (χ2v) is 7.42. The van der Waals surface area contributed by atoms with E-state index in [1.54, 1.807) is 42.1 Å². The molecule has 6 nitrogen and oxygen atoms in total. The number of amides is 2. The molecular weight excluding hydrogens is 379 g/mol. The van der Waals surface area contributed by atoms with Gasteiger partial charge in [-0.05, 0) is 56.5 Å². The topological polar surface area (TPSA) is 76.0 Å². The molecule has 2 amide bonds. The number of hydrogen-bond donors (Lipinski definition) is 2. The van der Waals surface area contributed by atoms with Crippen molar-refractivity contribution in [2.24, 2.45) is 0 Å². The molecular formula is C20H21FN4O2S. The van der Waals surface area contributed by atoms with E-state index in [4.69, 9.17) is 0 Å². The Bertz CT molecular complexity index is 967. The van der Waals surface area contributed by atoms with Crippen molar-refractivity contribution in [2.75, 3.05) is 0 Å². The van der Waals surface area contributed by atoms with Crippen LogP contribution in [0.3, 0.4) is 0 Å². The van der Waals surface area contributed by atoms with E-state index >= 15 is 0 Å². The lowest BCUT2D eigenvalue weighted by molar-refractivity contribution is -0.123. The lowest BCUT2D eigenvalue weighted by Crippen LogP contribution is -2.45. The highest BCUT2D eigenvalue weighted by Gasteiger charge is 2.21. The van der Waals surface area contributed by atoms with Crippen molar-refractivity contribution in [3.8, 4) is 5.69 Å². The number of nitrogens with zero attached hydrogens (tertiary/aromatic N) is 2. The minimum Gasteiger partial charge on any atom is -0.348 e. The zero-order chi connectivity index (χ0) is 20.3. The van der Waals surface area contributed by atoms with Crippen LogP contribution in [0.25, 0.3) is 5.69 Å². The summed E-state index contributed by atoms with van der Waals surface area (Å²) in [5, 5.41) is 11.7. The van der Waals surface area contributed by atoms with Crippen LogP contribution in [0.5, 0.6) is 0 Å². The Kier molecular flexibility index (Phi) is 5.89. The molecule has 8 heteroatoms. The van der Waals surface area contributed by atoms with Gasteiger partial charge in [-0.3, -0.25) is 9.59 Å². The molecule has 0 aliphatic rings. The highest BCUT2D eigenvalue weighted by atomic mass is 32.1. The third kappa shape index (κ3) is 4.28. The Labute approximate surface area is 166 Å². The van der Waals surface area contributed by atoms with Crippen LogP contribution < -0.4 is 10.6 Å². The van der Waals surface area contributed by atoms with E-state index in [0.717, 1.165) is 16.9 Å². The Morgan fingerprint density at radius 2 is 1.86 bits per heavy atom. The molecule has 0 spiro atoms. The van der Waals surface area contributed by atoms with Gasteiger partial charge in [0.1, 0.15) is 11.9 Å². The zero-order valence-electron chi connectivity index (χ0n) is 15.8. The third-order valence-electron chi connectivity index (χ3n) is 4.43. The Morgan fingerprint density at radius 1 is 1.14 bits per heavy atom. The number of thiophene rings is 1. The molecule has 0 aliphatic heterocycles. The van der Waals surface area contributed by atoms with Crippen LogP contribution in [0, 0.1) is 12.7 Å². The summed E-state index contributed by atoms with van der Waals surface area (Å²) < 4.78 is 14.8. The van der Waals surface area contributed by atoms with Gasteiger partial charge in [0.05, 0.1) is 22.8 Å². The average Bonchev–Trinajstić information content (AvgIpc) is 3.32. The van der Waals surface area contributed by atoms with Crippen molar-refractivity contribution in [2.45, 2.75) is 32.9 Å². The number of rotatable bonds is 6. The predicted molar refractivity (Wildman–Crippen MR) is 106 cm³/mol. The summed E-state index contributed by atoms with van der Waals surface area (Å²) in [6, 6.07) is 8.55. The summed E-state index contributed by atoms with van der Waals surface area (Å²) in [5.41, 5.74) is 2.42. The second-order valence-electron chi connectivity index (χ2n) is 6.48. The van der Waals surface area contributed by atoms with Gasteiger partial charge in [0.2, 0.25) is 5.91 Å². The van der Waals surface area contributed by atoms with Crippen LogP contribution in [0.2, 0.25) is 0 Å². The average molecular weight is 400 g/mol. The molecule has 2 aromatic heterocycles. The fourth-order valence-electron chi connectivity index (χ4n) is 2.85. The number of carbonyl (C=O) groups excluding carboxylic acids is 2. The lowest BCUT2D eigenvalue weighted by Gasteiger charge is -2.18. The summed E-state index contributed by atoms with van der Waals surface area (Å²) in [4.78, 5) is 25.1. The standard InChI is InChI=1S/C20H21FN4O2S/c1-12(23-19(26)13(2)24-20(27)18-5-4-10-28-18)17-11-22-25(14(17)3)16-8-6-15(21)7-9-16/h4-13H,1-3H3,(H,23,26)(H,24,27)/t12-,13-/m1/s1. The molecule has 0 bridgehead atoms. The monoisotopic (exact) mass is 400 g/mol. The maximum atomic E-state index is 13.1. The van der Waals surface area contributed by atoms with Crippen molar-refractivity contribution in [3.05, 3.63) is 69.9 Å². The fraction of sp³-hybridized carbons (Fsp3) is 0.250. The summed E-state index contributed by atoms with van der Waals surface area (Å²) in [5.74, 6) is -0.870. The Balaban J connectivity index is 1.65. The number of aromatic nitrogens is 2. The molecule has 3 aromatic rings. The molecule has 2 atom stereocenters. The van der Waals surface area contributed by atoms with Gasteiger partial charge in [-0.15, -0.1) is 11.3 Å². The molecule has 2 N–H and O–H groups in total. The fourth-order valence-corrected chi connectivity index (χ4v) is 3.47. The third-order valence-corrected chi connectivity index (χ3v) is 5.30. The second kappa shape index (κ2) is 8.35. The summed E-state index contributed by atoms with van der Waals surface area (Å²) in [6.07, 6.45) is 1.68. The van der Waals surface area contributed by atoms with Crippen LogP contribution in [0.4, 0.5) is 4.39 Å². The Morgan fingerprint density at radius 3 is 2.50 bits per heavy atom. The van der Waals surface area contributed by atoms with Gasteiger partial charge in [0, 0.05) is 11.3 Å². The van der Waals surface area contributed by atoms with E-state index in [1.165, 1.54) is 23.5 Å². The van der Waals surface area contributed by atoms with Crippen LogP contribution >= 0.6 is 11.3 Å². The summed E-state index contributed by atoms with van der Waals surface area (Å²) in [6.45, 7) is 5.38. The maximum absolute atomic E-state index is 13.1. The molecule has 0 fully saturated rings. The van der Waals surface area contributed by atoms with E-state index in [9.17, 15) is 14.0 Å². The molecule has 0 radical (unpaired) electrons.